The average Bonchev–Trinajstić information content (AvgIpc) is 3.69. The van der Waals surface area contributed by atoms with Crippen LogP contribution in [0.15, 0.2) is 261 Å². The van der Waals surface area contributed by atoms with E-state index in [1.807, 2.05) is 0 Å². The first-order chi connectivity index (χ1) is 31.8. The Hall–Kier alpha value is -8.26. The Morgan fingerprint density at radius 1 is 0.266 bits per heavy atom. The summed E-state index contributed by atoms with van der Waals surface area (Å²) in [5.41, 5.74) is 17.6. The number of hydrogen-bond acceptors (Lipinski definition) is 1. The van der Waals surface area contributed by atoms with E-state index in [0.29, 0.717) is 0 Å². The Balaban J connectivity index is 1.14. The van der Waals surface area contributed by atoms with Crippen LogP contribution in [0.1, 0.15) is 22.3 Å². The van der Waals surface area contributed by atoms with Crippen LogP contribution in [0.4, 0.5) is 17.1 Å². The molecule has 0 saturated heterocycles. The summed E-state index contributed by atoms with van der Waals surface area (Å²) in [5.74, 6) is 0. The highest BCUT2D eigenvalue weighted by atomic mass is 15.1. The molecule has 0 aromatic heterocycles. The molecule has 11 aromatic carbocycles. The lowest BCUT2D eigenvalue weighted by molar-refractivity contribution is 0.768. The summed E-state index contributed by atoms with van der Waals surface area (Å²) in [4.78, 5) is 2.50. The van der Waals surface area contributed by atoms with Gasteiger partial charge in [-0.15, -0.1) is 0 Å². The van der Waals surface area contributed by atoms with E-state index in [1.165, 1.54) is 77.2 Å². The summed E-state index contributed by atoms with van der Waals surface area (Å²) in [6.45, 7) is 0. The standard InChI is InChI=1S/C63H43N/c1-6-23-44(24-7-1)60-53-35-17-16-34-51(53)52-42-41-46(43-55(52)61(60)45-25-8-2-9-26-45)50-33-19-21-39-58(50)64(49-31-14-5-15-32-49)59-40-22-38-57-62(59)54-36-18-20-37-56(54)63(57,47-27-10-3-11-28-47)48-29-12-4-13-30-48/h1-43H. The molecule has 0 unspecified atom stereocenters. The highest BCUT2D eigenvalue weighted by Crippen LogP contribution is 2.60. The third kappa shape index (κ3) is 5.86. The van der Waals surface area contributed by atoms with Crippen molar-refractivity contribution in [3.63, 3.8) is 0 Å². The first-order valence-corrected chi connectivity index (χ1v) is 22.2. The van der Waals surface area contributed by atoms with Crippen LogP contribution < -0.4 is 4.90 Å². The number of para-hydroxylation sites is 2. The van der Waals surface area contributed by atoms with Gasteiger partial charge >= 0.3 is 0 Å². The fourth-order valence-corrected chi connectivity index (χ4v) is 10.7. The van der Waals surface area contributed by atoms with E-state index in [1.54, 1.807) is 0 Å². The third-order valence-electron chi connectivity index (χ3n) is 13.3. The lowest BCUT2D eigenvalue weighted by atomic mass is 9.68. The van der Waals surface area contributed by atoms with Crippen LogP contribution in [-0.2, 0) is 5.41 Å². The molecular formula is C63H43N. The largest absolute Gasteiger partial charge is 0.309 e. The lowest BCUT2D eigenvalue weighted by Gasteiger charge is -2.34. The van der Waals surface area contributed by atoms with Crippen molar-refractivity contribution in [3.8, 4) is 44.5 Å². The van der Waals surface area contributed by atoms with E-state index >= 15 is 0 Å². The molecule has 1 nitrogen and oxygen atoms in total. The minimum atomic E-state index is -0.516. The minimum absolute atomic E-state index is 0.516. The van der Waals surface area contributed by atoms with Crippen molar-refractivity contribution in [2.45, 2.75) is 5.41 Å². The molecule has 0 radical (unpaired) electrons. The zero-order valence-corrected chi connectivity index (χ0v) is 35.3. The highest BCUT2D eigenvalue weighted by Gasteiger charge is 2.47. The van der Waals surface area contributed by atoms with Crippen LogP contribution in [0.5, 0.6) is 0 Å². The molecule has 1 heteroatoms. The predicted octanol–water partition coefficient (Wildman–Crippen LogP) is 16.8. The van der Waals surface area contributed by atoms with Crippen LogP contribution in [0.25, 0.3) is 66.1 Å². The average molecular weight is 814 g/mol. The fourth-order valence-electron chi connectivity index (χ4n) is 10.7. The molecule has 0 N–H and O–H groups in total. The Morgan fingerprint density at radius 3 is 1.39 bits per heavy atom. The molecule has 0 aliphatic heterocycles. The molecule has 0 saturated carbocycles. The van der Waals surface area contributed by atoms with Crippen LogP contribution in [0.3, 0.4) is 0 Å². The van der Waals surface area contributed by atoms with E-state index in [0.717, 1.165) is 28.2 Å². The van der Waals surface area contributed by atoms with Crippen LogP contribution in [0, 0.1) is 0 Å². The Labute approximate surface area is 374 Å². The highest BCUT2D eigenvalue weighted by molar-refractivity contribution is 6.22. The molecular weight excluding hydrogens is 771 g/mol. The molecule has 0 amide bonds. The summed E-state index contributed by atoms with van der Waals surface area (Å²) in [7, 11) is 0. The van der Waals surface area contributed by atoms with Gasteiger partial charge in [0.15, 0.2) is 0 Å². The third-order valence-corrected chi connectivity index (χ3v) is 13.3. The van der Waals surface area contributed by atoms with Gasteiger partial charge in [0.1, 0.15) is 0 Å². The summed E-state index contributed by atoms with van der Waals surface area (Å²) in [6.07, 6.45) is 0. The molecule has 1 aliphatic carbocycles. The topological polar surface area (TPSA) is 3.24 Å². The molecule has 1 aliphatic rings. The van der Waals surface area contributed by atoms with Crippen LogP contribution >= 0.6 is 0 Å². The van der Waals surface area contributed by atoms with Gasteiger partial charge in [0.25, 0.3) is 0 Å². The SMILES string of the molecule is c1ccc(-c2c(-c3ccccc3)c3cc(-c4ccccc4N(c4ccccc4)c4cccc5c4-c4ccccc4C5(c4ccccc4)c4ccccc4)ccc3c3ccccc23)cc1. The number of hydrogen-bond donors (Lipinski definition) is 0. The number of rotatable bonds is 8. The fraction of sp³-hybridized carbons (Fsp3) is 0.0159. The monoisotopic (exact) mass is 813 g/mol. The van der Waals surface area contributed by atoms with E-state index < -0.39 is 5.41 Å². The number of fused-ring (bicyclic) bond motifs is 6. The van der Waals surface area contributed by atoms with Gasteiger partial charge in [-0.05, 0) is 108 Å². The number of anilines is 3. The van der Waals surface area contributed by atoms with E-state index in [-0.39, 0.29) is 0 Å². The van der Waals surface area contributed by atoms with Gasteiger partial charge in [-0.3, -0.25) is 0 Å². The molecule has 300 valence electrons. The van der Waals surface area contributed by atoms with Crippen LogP contribution in [-0.4, -0.2) is 0 Å². The molecule has 0 spiro atoms. The summed E-state index contributed by atoms with van der Waals surface area (Å²) < 4.78 is 0. The molecule has 0 heterocycles. The zero-order valence-electron chi connectivity index (χ0n) is 35.3. The van der Waals surface area contributed by atoms with Crippen molar-refractivity contribution in [1.82, 2.24) is 0 Å². The minimum Gasteiger partial charge on any atom is -0.309 e. The summed E-state index contributed by atoms with van der Waals surface area (Å²) >= 11 is 0. The van der Waals surface area contributed by atoms with Crippen molar-refractivity contribution in [2.24, 2.45) is 0 Å². The summed E-state index contributed by atoms with van der Waals surface area (Å²) in [5, 5.41) is 4.97. The molecule has 0 atom stereocenters. The number of benzene rings is 11. The van der Waals surface area contributed by atoms with Crippen molar-refractivity contribution in [3.05, 3.63) is 283 Å². The zero-order chi connectivity index (χ0) is 42.5. The molecule has 0 bridgehead atoms. The van der Waals surface area contributed by atoms with Crippen molar-refractivity contribution in [2.75, 3.05) is 4.90 Å². The van der Waals surface area contributed by atoms with Crippen molar-refractivity contribution in [1.29, 1.82) is 0 Å². The van der Waals surface area contributed by atoms with E-state index in [2.05, 4.69) is 266 Å². The molecule has 11 aromatic rings. The van der Waals surface area contributed by atoms with Gasteiger partial charge in [0.05, 0.1) is 16.8 Å². The molecule has 64 heavy (non-hydrogen) atoms. The van der Waals surface area contributed by atoms with Crippen molar-refractivity contribution >= 4 is 38.6 Å². The maximum Gasteiger partial charge on any atom is 0.0714 e. The van der Waals surface area contributed by atoms with Gasteiger partial charge < -0.3 is 4.90 Å². The second-order valence-electron chi connectivity index (χ2n) is 16.7. The predicted molar refractivity (Wildman–Crippen MR) is 270 cm³/mol. The van der Waals surface area contributed by atoms with Crippen molar-refractivity contribution < 1.29 is 0 Å². The van der Waals surface area contributed by atoms with Gasteiger partial charge in [-0.1, -0.05) is 231 Å². The maximum atomic E-state index is 2.50. The first-order valence-electron chi connectivity index (χ1n) is 22.2. The van der Waals surface area contributed by atoms with Crippen LogP contribution in [0.2, 0.25) is 0 Å². The van der Waals surface area contributed by atoms with E-state index in [9.17, 15) is 0 Å². The maximum absolute atomic E-state index is 2.50. The Kier molecular flexibility index (Phi) is 9.13. The Morgan fingerprint density at radius 2 is 0.734 bits per heavy atom. The quantitative estimate of drug-likeness (QED) is 0.138. The Bertz CT molecular complexity index is 3430. The second-order valence-corrected chi connectivity index (χ2v) is 16.7. The van der Waals surface area contributed by atoms with Gasteiger partial charge in [0.2, 0.25) is 0 Å². The first kappa shape index (κ1) is 37.5. The van der Waals surface area contributed by atoms with E-state index in [4.69, 9.17) is 0 Å². The summed E-state index contributed by atoms with van der Waals surface area (Å²) in [6, 6.07) is 95.8. The second kappa shape index (κ2) is 15.6. The molecule has 12 rings (SSSR count). The normalized spacial score (nSPS) is 12.5. The van der Waals surface area contributed by atoms with Gasteiger partial charge in [-0.2, -0.15) is 0 Å². The van der Waals surface area contributed by atoms with Gasteiger partial charge in [-0.25, -0.2) is 0 Å². The number of nitrogens with zero attached hydrogens (tertiary/aromatic N) is 1. The van der Waals surface area contributed by atoms with Gasteiger partial charge in [0, 0.05) is 16.8 Å². The lowest BCUT2D eigenvalue weighted by Crippen LogP contribution is -2.28. The molecule has 0 fully saturated rings. The smallest absolute Gasteiger partial charge is 0.0714 e.